The highest BCUT2D eigenvalue weighted by atomic mass is 32.4. The van der Waals surface area contributed by atoms with E-state index in [0.29, 0.717) is 65.0 Å². The molecule has 0 unspecified atom stereocenters. The number of aryl methyl sites for hydroxylation is 2. The van der Waals surface area contributed by atoms with Crippen molar-refractivity contribution in [1.29, 1.82) is 5.26 Å². The van der Waals surface area contributed by atoms with Gasteiger partial charge in [0.15, 0.2) is 5.60 Å². The lowest BCUT2D eigenvalue weighted by Crippen LogP contribution is -2.40. The number of fused-ring (bicyclic) bond motifs is 8. The number of carbonyl (C=O) groups excluding carboxylic acids is 3. The van der Waals surface area contributed by atoms with Gasteiger partial charge in [0.05, 0.1) is 40.7 Å². The van der Waals surface area contributed by atoms with Crippen LogP contribution in [0, 0.1) is 18.0 Å². The van der Waals surface area contributed by atoms with Gasteiger partial charge in [-0.25, -0.2) is 17.5 Å². The van der Waals surface area contributed by atoms with Gasteiger partial charge in [-0.15, -0.1) is 0 Å². The van der Waals surface area contributed by atoms with Gasteiger partial charge in [0, 0.05) is 72.5 Å². The van der Waals surface area contributed by atoms with Crippen LogP contribution in [0.25, 0.3) is 21.8 Å². The summed E-state index contributed by atoms with van der Waals surface area (Å²) in [5.41, 5.74) is 9.10. The number of anilines is 1. The minimum absolute atomic E-state index is 0.0168. The molecule has 7 aromatic rings. The molecular formula is C58H57N5O13PS2+. The first-order chi connectivity index (χ1) is 37.9. The topological polar surface area (TPSA) is 288 Å². The van der Waals surface area contributed by atoms with Gasteiger partial charge < -0.3 is 41.0 Å². The first-order valence-corrected chi connectivity index (χ1v) is 28.6. The molecule has 2 aliphatic rings. The van der Waals surface area contributed by atoms with Crippen molar-refractivity contribution in [2.24, 2.45) is 5.73 Å². The third-order valence-electron chi connectivity index (χ3n) is 13.3. The number of nitrogens with zero attached hydrogens (tertiary/aromatic N) is 3. The monoisotopic (exact) mass is 1130 g/mol. The zero-order valence-corrected chi connectivity index (χ0v) is 45.5. The van der Waals surface area contributed by atoms with Crippen LogP contribution >= 0.6 is 7.36 Å². The second-order valence-electron chi connectivity index (χ2n) is 18.6. The van der Waals surface area contributed by atoms with E-state index in [9.17, 15) is 47.7 Å². The molecule has 0 aliphatic carbocycles. The van der Waals surface area contributed by atoms with Crippen LogP contribution in [-0.2, 0) is 53.1 Å². The molecule has 79 heavy (non-hydrogen) atoms. The molecule has 0 saturated carbocycles. The molecule has 408 valence electrons. The number of benzene rings is 6. The number of nitriles is 1. The number of aromatic nitrogens is 1. The fraction of sp³-hybridized carbons (Fsp3) is 0.259. The number of para-hydroxylation sites is 2. The Bertz CT molecular complexity index is 3520. The lowest BCUT2D eigenvalue weighted by atomic mass is 9.77. The van der Waals surface area contributed by atoms with Gasteiger partial charge >= 0.3 is 17.9 Å². The molecule has 2 amide bonds. The van der Waals surface area contributed by atoms with Crippen LogP contribution in [0.4, 0.5) is 5.69 Å². The maximum absolute atomic E-state index is 14.4. The number of amides is 2. The summed E-state index contributed by atoms with van der Waals surface area (Å²) in [4.78, 5) is 60.9. The molecule has 6 aromatic carbocycles. The Kier molecular flexibility index (Phi) is 19.5. The van der Waals surface area contributed by atoms with E-state index in [2.05, 4.69) is 21.7 Å². The van der Waals surface area contributed by atoms with Gasteiger partial charge in [0.25, 0.3) is 15.9 Å². The molecule has 0 radical (unpaired) electrons. The number of nitrogens with one attached hydrogen (secondary N) is 1. The van der Waals surface area contributed by atoms with Crippen molar-refractivity contribution in [2.45, 2.75) is 88.2 Å². The van der Waals surface area contributed by atoms with Crippen LogP contribution in [0.15, 0.2) is 132 Å². The van der Waals surface area contributed by atoms with Crippen LogP contribution in [0.1, 0.15) is 107 Å². The molecule has 1 aromatic heterocycles. The number of aliphatic carboxylic acids is 2. The summed E-state index contributed by atoms with van der Waals surface area (Å²) in [6.45, 7) is 2.10. The molecule has 2 aliphatic heterocycles. The Hall–Kier alpha value is -8.34. The van der Waals surface area contributed by atoms with E-state index < -0.39 is 39.4 Å². The highest BCUT2D eigenvalue weighted by molar-refractivity contribution is 7.98. The molecule has 1 spiro atoms. The summed E-state index contributed by atoms with van der Waals surface area (Å²) in [5.74, 6) is -1.18. The number of unbranched alkanes of at least 4 members (excludes halogenated alkanes) is 6. The zero-order valence-electron chi connectivity index (χ0n) is 43.0. The van der Waals surface area contributed by atoms with Crippen LogP contribution in [0.2, 0.25) is 0 Å². The highest BCUT2D eigenvalue weighted by Gasteiger charge is 2.54. The van der Waals surface area contributed by atoms with E-state index in [-0.39, 0.29) is 65.8 Å². The van der Waals surface area contributed by atoms with E-state index in [0.717, 1.165) is 59.4 Å². The number of hydrogen-bond acceptors (Lipinski definition) is 14. The number of nitrogens with two attached hydrogens (primary N) is 1. The maximum atomic E-state index is 14.4. The van der Waals surface area contributed by atoms with Crippen LogP contribution in [0.5, 0.6) is 23.0 Å². The normalized spacial score (nSPS) is 12.5. The first-order valence-electron chi connectivity index (χ1n) is 25.3. The molecule has 0 bridgehead atoms. The second-order valence-corrected chi connectivity index (χ2v) is 21.4. The Balaban J connectivity index is 0.000000228. The first kappa shape index (κ1) is 58.3. The Morgan fingerprint density at radius 2 is 1.25 bits per heavy atom. The average Bonchev–Trinajstić information content (AvgIpc) is 3.88. The number of pyridine rings is 1. The highest BCUT2D eigenvalue weighted by Crippen LogP contribution is 2.57. The number of ether oxygens (including phenoxy) is 2. The number of aromatic hydroxyl groups is 2. The summed E-state index contributed by atoms with van der Waals surface area (Å²) in [5, 5.41) is 49.3. The molecular weight excluding hydrogens is 1070 g/mol. The van der Waals surface area contributed by atoms with Crippen molar-refractivity contribution in [2.75, 3.05) is 18.4 Å². The predicted octanol–water partition coefficient (Wildman–Crippen LogP) is 9.93. The second kappa shape index (κ2) is 26.3. The molecule has 9 rings (SSSR count). The molecule has 0 saturated heterocycles. The molecule has 21 heteroatoms. The quantitative estimate of drug-likeness (QED) is 0.0144. The smallest absolute Gasteiger partial charge is 0.340 e. The van der Waals surface area contributed by atoms with Gasteiger partial charge in [-0.1, -0.05) is 73.7 Å². The van der Waals surface area contributed by atoms with E-state index in [1.54, 1.807) is 42.2 Å². The standard InChI is InChI=1S/C35H40N2O7S.C22H16N2O6.CNPS/c1-26-20-22-27(23-21-26)45(43,44)37(25-13-19-33(40)41)35(42)34-28-14-8-10-16-30(28)36(31-17-11-9-15-29(31)34)24-12-6-4-2-3-5-7-18-32(38)39;23-10-20(27)24-11-1-4-15-14(7-11)21(28)30-22(15)16-5-2-12(25)8-18(16)29-19-9-13(26)3-6-17(19)22;2-1-3-4/h8-11,14-17,20-23H,2-7,12-13,18-19,24-25H2,1H3,(H-,38,39,40,41);1-9,25-26H,10,23H2,(H,24,27);/p+1. The summed E-state index contributed by atoms with van der Waals surface area (Å²) in [6, 6.07) is 35.2. The average molecular weight is 1130 g/mol. The minimum Gasteiger partial charge on any atom is -0.508 e. The van der Waals surface area contributed by atoms with E-state index in [1.165, 1.54) is 42.5 Å². The van der Waals surface area contributed by atoms with Crippen molar-refractivity contribution in [1.82, 2.24) is 4.31 Å². The van der Waals surface area contributed by atoms with Gasteiger partial charge in [-0.2, -0.15) is 9.83 Å². The number of phenolic OH excluding ortho intramolecular Hbond substituents is 2. The summed E-state index contributed by atoms with van der Waals surface area (Å²) >= 11 is 4.16. The Morgan fingerprint density at radius 3 is 1.80 bits per heavy atom. The number of phenols is 2. The number of rotatable bonds is 19. The number of carboxylic acid groups (broad SMARTS) is 2. The van der Waals surface area contributed by atoms with Crippen LogP contribution < -0.4 is 20.4 Å². The van der Waals surface area contributed by atoms with E-state index in [4.69, 9.17) is 25.6 Å². The van der Waals surface area contributed by atoms with Crippen LogP contribution in [-0.4, -0.2) is 76.0 Å². The Morgan fingerprint density at radius 1 is 0.734 bits per heavy atom. The lowest BCUT2D eigenvalue weighted by molar-refractivity contribution is -0.645. The summed E-state index contributed by atoms with van der Waals surface area (Å²) in [6.07, 6.45) is 6.56. The van der Waals surface area contributed by atoms with Crippen molar-refractivity contribution in [3.05, 3.63) is 161 Å². The summed E-state index contributed by atoms with van der Waals surface area (Å²) < 4.78 is 42.7. The largest absolute Gasteiger partial charge is 0.508 e. The molecule has 3 heterocycles. The molecule has 0 fully saturated rings. The van der Waals surface area contributed by atoms with Gasteiger partial charge in [0.2, 0.25) is 16.9 Å². The minimum atomic E-state index is -4.29. The molecule has 0 atom stereocenters. The number of carboxylic acids is 2. The number of carbonyl (C=O) groups is 5. The third-order valence-corrected chi connectivity index (χ3v) is 15.4. The molecule has 7 N–H and O–H groups in total. The van der Waals surface area contributed by atoms with Crippen LogP contribution in [0.3, 0.4) is 0 Å². The van der Waals surface area contributed by atoms with Crippen molar-refractivity contribution >= 4 is 86.4 Å². The fourth-order valence-corrected chi connectivity index (χ4v) is 11.1. The zero-order chi connectivity index (χ0) is 56.9. The Labute approximate surface area is 462 Å². The number of esters is 1. The van der Waals surface area contributed by atoms with Crippen molar-refractivity contribution < 1.29 is 66.9 Å². The van der Waals surface area contributed by atoms with Crippen molar-refractivity contribution in [3.8, 4) is 28.8 Å². The van der Waals surface area contributed by atoms with Gasteiger partial charge in [-0.3, -0.25) is 19.2 Å². The fourth-order valence-electron chi connectivity index (χ4n) is 9.68. The predicted molar refractivity (Wildman–Crippen MR) is 298 cm³/mol. The third kappa shape index (κ3) is 13.3. The van der Waals surface area contributed by atoms with Crippen molar-refractivity contribution in [3.63, 3.8) is 0 Å². The number of sulfonamides is 1. The van der Waals surface area contributed by atoms with Gasteiger partial charge in [0.1, 0.15) is 35.4 Å². The molecule has 18 nitrogen and oxygen atoms in total. The van der Waals surface area contributed by atoms with E-state index in [1.807, 2.05) is 55.5 Å². The maximum Gasteiger partial charge on any atom is 0.340 e. The lowest BCUT2D eigenvalue weighted by Gasteiger charge is -2.36. The summed E-state index contributed by atoms with van der Waals surface area (Å²) in [7, 11) is -3.90. The van der Waals surface area contributed by atoms with Gasteiger partial charge in [-0.05, 0) is 98.7 Å². The number of hydrogen-bond donors (Lipinski definition) is 6. The SMILES string of the molecule is Cc1ccc(S(=O)(=O)N(CCCC(=O)O)C(=O)c2c3ccccc3[n+](CCCCCCCCCC(=O)O)c3ccccc23)cc1.N#CP=S.NCC(=O)Nc1ccc2c(c1)C(=O)OC21c2ccc(O)cc2Oc2cc(O)ccc21. The van der Waals surface area contributed by atoms with E-state index >= 15 is 0 Å².